The molecular formula is C25H27Br2ClI2N2O8S2. The molecular weight excluding hydrogens is 969 g/mol. The SMILES string of the molecule is C.CCC(=O)c1c(I)oc2cc(N)c(Br)cc12.CCC(=O)c1c(I)oc2cc(NS(C)(=O)=O)c(Br)cc12.CS(=O)(=O)Cl. The number of anilines is 2. The Morgan fingerprint density at radius 1 is 0.857 bits per heavy atom. The molecule has 0 amide bonds. The molecule has 17 heteroatoms. The number of benzene rings is 2. The average molecular weight is 997 g/mol. The number of carbonyl (C=O) groups is 2. The van der Waals surface area contributed by atoms with Crippen LogP contribution >= 0.6 is 87.7 Å². The number of halogens is 5. The van der Waals surface area contributed by atoms with Gasteiger partial charge in [0.15, 0.2) is 19.1 Å². The largest absolute Gasteiger partial charge is 0.449 e. The third kappa shape index (κ3) is 10.9. The van der Waals surface area contributed by atoms with Gasteiger partial charge in [0, 0.05) is 106 Å². The van der Waals surface area contributed by atoms with Crippen LogP contribution in [0.4, 0.5) is 11.4 Å². The van der Waals surface area contributed by atoms with E-state index < -0.39 is 19.1 Å². The molecule has 0 unspecified atom stereocenters. The highest BCUT2D eigenvalue weighted by atomic mass is 127. The molecule has 0 fully saturated rings. The van der Waals surface area contributed by atoms with Crippen molar-refractivity contribution in [3.63, 3.8) is 0 Å². The third-order valence-electron chi connectivity index (χ3n) is 4.99. The van der Waals surface area contributed by atoms with Gasteiger partial charge in [-0.25, -0.2) is 16.8 Å². The van der Waals surface area contributed by atoms with E-state index in [-0.39, 0.29) is 19.0 Å². The summed E-state index contributed by atoms with van der Waals surface area (Å²) in [6, 6.07) is 6.82. The first-order valence-electron chi connectivity index (χ1n) is 11.3. The predicted molar refractivity (Wildman–Crippen MR) is 193 cm³/mol. The number of furan rings is 2. The molecule has 2 aromatic heterocycles. The van der Waals surface area contributed by atoms with Crippen LogP contribution < -0.4 is 10.5 Å². The van der Waals surface area contributed by atoms with Gasteiger partial charge in [-0.2, -0.15) is 0 Å². The molecule has 2 aromatic carbocycles. The zero-order chi connectivity index (χ0) is 31.4. The molecule has 4 aromatic rings. The number of rotatable bonds is 6. The number of nitrogen functional groups attached to an aromatic ring is 1. The van der Waals surface area contributed by atoms with E-state index in [1.54, 1.807) is 25.1 Å². The average Bonchev–Trinajstić information content (AvgIpc) is 3.31. The molecule has 4 rings (SSSR count). The fraction of sp³-hybridized carbons (Fsp3) is 0.280. The number of carbonyl (C=O) groups excluding carboxylic acids is 2. The second kappa shape index (κ2) is 15.9. The minimum absolute atomic E-state index is 0. The Hall–Kier alpha value is -0.930. The molecule has 0 aliphatic carbocycles. The minimum atomic E-state index is -3.38. The van der Waals surface area contributed by atoms with Crippen LogP contribution in [-0.2, 0) is 19.1 Å². The van der Waals surface area contributed by atoms with Gasteiger partial charge in [0.05, 0.1) is 29.3 Å². The fourth-order valence-electron chi connectivity index (χ4n) is 3.34. The van der Waals surface area contributed by atoms with E-state index in [9.17, 15) is 26.4 Å². The summed E-state index contributed by atoms with van der Waals surface area (Å²) in [6.45, 7) is 3.62. The van der Waals surface area contributed by atoms with E-state index in [1.165, 1.54) is 0 Å². The Morgan fingerprint density at radius 2 is 1.24 bits per heavy atom. The molecule has 0 aliphatic heterocycles. The maximum Gasteiger partial charge on any atom is 0.229 e. The van der Waals surface area contributed by atoms with Crippen LogP contribution in [0.15, 0.2) is 42.0 Å². The van der Waals surface area contributed by atoms with Gasteiger partial charge >= 0.3 is 0 Å². The molecule has 2 heterocycles. The summed E-state index contributed by atoms with van der Waals surface area (Å²) in [5.41, 5.74) is 9.06. The Labute approximate surface area is 292 Å². The van der Waals surface area contributed by atoms with Crippen molar-refractivity contribution >= 4 is 152 Å². The second-order valence-electron chi connectivity index (χ2n) is 8.31. The van der Waals surface area contributed by atoms with Crippen molar-refractivity contribution in [2.75, 3.05) is 23.0 Å². The molecule has 0 radical (unpaired) electrons. The molecule has 0 saturated heterocycles. The lowest BCUT2D eigenvalue weighted by Gasteiger charge is -2.06. The molecule has 0 spiro atoms. The number of nitrogens with two attached hydrogens (primary N) is 1. The van der Waals surface area contributed by atoms with Crippen molar-refractivity contribution < 1.29 is 35.3 Å². The Kier molecular flexibility index (Phi) is 14.8. The Balaban J connectivity index is 0.000000360. The topological polar surface area (TPSA) is 167 Å². The number of hydrogen-bond donors (Lipinski definition) is 2. The Morgan fingerprint density at radius 3 is 1.62 bits per heavy atom. The standard InChI is InChI=1S/C12H11BrINO4S.C11H9BrINO2.CH3ClO2S.CH4/c1-3-9(16)11-6-4-7(13)8(15-20(2,17)18)5-10(6)19-12(11)14;1-2-8(15)10-5-3-6(12)7(14)4-9(5)16-11(10)13;1-5(2,3)4;/h4-5,15H,3H2,1-2H3;3-4H,2,14H2,1H3;1H3;1H4. The number of sulfonamides is 1. The highest BCUT2D eigenvalue weighted by molar-refractivity contribution is 14.1. The van der Waals surface area contributed by atoms with Crippen molar-refractivity contribution in [2.24, 2.45) is 0 Å². The van der Waals surface area contributed by atoms with Crippen LogP contribution in [0.3, 0.4) is 0 Å². The molecule has 0 aliphatic rings. The summed E-state index contributed by atoms with van der Waals surface area (Å²) in [4.78, 5) is 23.7. The quantitative estimate of drug-likeness (QED) is 0.0833. The maximum atomic E-state index is 11.9. The van der Waals surface area contributed by atoms with Crippen LogP contribution in [0, 0.1) is 7.53 Å². The van der Waals surface area contributed by atoms with E-state index in [0.29, 0.717) is 63.9 Å². The molecule has 0 saturated carbocycles. The van der Waals surface area contributed by atoms with E-state index >= 15 is 0 Å². The molecule has 3 N–H and O–H groups in total. The highest BCUT2D eigenvalue weighted by Gasteiger charge is 2.21. The molecule has 42 heavy (non-hydrogen) atoms. The zero-order valence-corrected chi connectivity index (χ0v) is 31.6. The minimum Gasteiger partial charge on any atom is -0.449 e. The third-order valence-corrected chi connectivity index (χ3v) is 8.45. The van der Waals surface area contributed by atoms with Crippen LogP contribution in [-0.4, -0.2) is 40.9 Å². The summed E-state index contributed by atoms with van der Waals surface area (Å²) >= 11 is 10.6. The monoisotopic (exact) mass is 994 g/mol. The van der Waals surface area contributed by atoms with Crippen molar-refractivity contribution in [3.05, 3.63) is 51.9 Å². The fourth-order valence-corrected chi connectivity index (χ4v) is 6.48. The molecule has 10 nitrogen and oxygen atoms in total. The molecule has 232 valence electrons. The predicted octanol–water partition coefficient (Wildman–Crippen LogP) is 8.56. The first-order chi connectivity index (χ1) is 18.8. The zero-order valence-electron chi connectivity index (χ0n) is 21.8. The van der Waals surface area contributed by atoms with Crippen LogP contribution in [0.25, 0.3) is 21.9 Å². The van der Waals surface area contributed by atoms with Crippen molar-refractivity contribution in [1.29, 1.82) is 0 Å². The lowest BCUT2D eigenvalue weighted by atomic mass is 10.1. The summed E-state index contributed by atoms with van der Waals surface area (Å²) in [7, 11) is -2.08. The van der Waals surface area contributed by atoms with Crippen molar-refractivity contribution in [2.45, 2.75) is 34.1 Å². The highest BCUT2D eigenvalue weighted by Crippen LogP contribution is 2.36. The van der Waals surface area contributed by atoms with Gasteiger partial charge in [-0.3, -0.25) is 14.3 Å². The smallest absolute Gasteiger partial charge is 0.229 e. The van der Waals surface area contributed by atoms with Gasteiger partial charge in [-0.05, 0) is 44.0 Å². The van der Waals surface area contributed by atoms with Gasteiger partial charge in [0.1, 0.15) is 11.2 Å². The van der Waals surface area contributed by atoms with Crippen molar-refractivity contribution in [3.8, 4) is 0 Å². The van der Waals surface area contributed by atoms with E-state index in [4.69, 9.17) is 14.6 Å². The number of ketones is 2. The van der Waals surface area contributed by atoms with Crippen LogP contribution in [0.1, 0.15) is 54.8 Å². The summed E-state index contributed by atoms with van der Waals surface area (Å²) in [5, 5.41) is 1.49. The van der Waals surface area contributed by atoms with E-state index in [1.807, 2.05) is 58.2 Å². The number of nitrogens with one attached hydrogen (secondary N) is 1. The first kappa shape index (κ1) is 39.1. The lowest BCUT2D eigenvalue weighted by Crippen LogP contribution is -2.09. The summed E-state index contributed by atoms with van der Waals surface area (Å²) < 4.78 is 57.3. The lowest BCUT2D eigenvalue weighted by molar-refractivity contribution is 0.0979. The van der Waals surface area contributed by atoms with Crippen LogP contribution in [0.2, 0.25) is 0 Å². The first-order valence-corrected chi connectivity index (χ1v) is 19.6. The second-order valence-corrected chi connectivity index (χ2v) is 16.8. The van der Waals surface area contributed by atoms with E-state index in [0.717, 1.165) is 22.4 Å². The Bertz CT molecular complexity index is 1850. The normalized spacial score (nSPS) is 11.2. The number of fused-ring (bicyclic) bond motifs is 2. The van der Waals surface area contributed by atoms with Gasteiger partial charge < -0.3 is 14.6 Å². The number of Topliss-reactive ketones (excluding diaryl/α,β-unsaturated/α-hetero) is 2. The van der Waals surface area contributed by atoms with Crippen molar-refractivity contribution in [1.82, 2.24) is 0 Å². The number of hydrogen-bond acceptors (Lipinski definition) is 9. The van der Waals surface area contributed by atoms with Crippen LogP contribution in [0.5, 0.6) is 0 Å². The van der Waals surface area contributed by atoms with E-state index in [2.05, 4.69) is 47.3 Å². The summed E-state index contributed by atoms with van der Waals surface area (Å²) in [6.07, 6.45) is 2.84. The maximum absolute atomic E-state index is 11.9. The van der Waals surface area contributed by atoms with Gasteiger partial charge in [0.2, 0.25) is 19.1 Å². The summed E-state index contributed by atoms with van der Waals surface area (Å²) in [5.74, 6) is 0.0729. The van der Waals surface area contributed by atoms with Gasteiger partial charge in [-0.15, -0.1) is 0 Å². The molecule has 0 atom stereocenters. The molecule has 0 bridgehead atoms. The van der Waals surface area contributed by atoms with Gasteiger partial charge in [0.25, 0.3) is 0 Å². The van der Waals surface area contributed by atoms with Gasteiger partial charge in [-0.1, -0.05) is 21.3 Å².